The van der Waals surface area contributed by atoms with Crippen molar-refractivity contribution in [2.45, 2.75) is 19.3 Å². The molecule has 8 heteroatoms. The number of carbonyl (C=O) groups excluding carboxylic acids is 3. The summed E-state index contributed by atoms with van der Waals surface area (Å²) in [7, 11) is 4.68. The molecule has 0 spiro atoms. The topological polar surface area (TPSA) is 87.7 Å². The molecule has 1 rings (SSSR count). The Kier molecular flexibility index (Phi) is 7.84. The molecule has 0 aliphatic heterocycles. The molecule has 0 aliphatic carbocycles. The number of rotatable bonds is 6. The Balaban J connectivity index is 2.45. The maximum atomic E-state index is 11.6. The van der Waals surface area contributed by atoms with Gasteiger partial charge in [-0.25, -0.2) is 0 Å². The van der Waals surface area contributed by atoms with Gasteiger partial charge in [-0.2, -0.15) is 0 Å². The maximum absolute atomic E-state index is 11.6. The molecule has 1 aromatic rings. The van der Waals surface area contributed by atoms with E-state index in [9.17, 15) is 14.4 Å². The van der Waals surface area contributed by atoms with Gasteiger partial charge < -0.3 is 20.3 Å². The van der Waals surface area contributed by atoms with Gasteiger partial charge in [0.2, 0.25) is 11.8 Å². The molecule has 7 nitrogen and oxygen atoms in total. The van der Waals surface area contributed by atoms with Crippen LogP contribution in [0, 0.1) is 0 Å². The molecule has 1 aromatic carbocycles. The highest BCUT2D eigenvalue weighted by Crippen LogP contribution is 2.10. The van der Waals surface area contributed by atoms with Crippen LogP contribution >= 0.6 is 12.2 Å². The van der Waals surface area contributed by atoms with Gasteiger partial charge in [0.25, 0.3) is 0 Å². The van der Waals surface area contributed by atoms with Crippen LogP contribution in [0.25, 0.3) is 0 Å². The van der Waals surface area contributed by atoms with Crippen LogP contribution in [0.3, 0.4) is 0 Å². The predicted octanol–water partition coefficient (Wildman–Crippen LogP) is 1.08. The van der Waals surface area contributed by atoms with Gasteiger partial charge in [-0.15, -0.1) is 0 Å². The predicted molar refractivity (Wildman–Crippen MR) is 94.5 cm³/mol. The Morgan fingerprint density at radius 2 is 1.75 bits per heavy atom. The first kappa shape index (κ1) is 19.6. The summed E-state index contributed by atoms with van der Waals surface area (Å²) in [6.45, 7) is 0. The van der Waals surface area contributed by atoms with Crippen molar-refractivity contribution in [3.63, 3.8) is 0 Å². The van der Waals surface area contributed by atoms with E-state index in [1.807, 2.05) is 12.1 Å². The lowest BCUT2D eigenvalue weighted by Crippen LogP contribution is -2.34. The van der Waals surface area contributed by atoms with Crippen molar-refractivity contribution in [3.05, 3.63) is 29.8 Å². The van der Waals surface area contributed by atoms with E-state index in [-0.39, 0.29) is 29.8 Å². The number of amides is 2. The highest BCUT2D eigenvalue weighted by molar-refractivity contribution is 7.80. The number of ether oxygens (including phenoxy) is 1. The number of benzene rings is 1. The zero-order valence-electron chi connectivity index (χ0n) is 13.9. The highest BCUT2D eigenvalue weighted by atomic mass is 32.1. The van der Waals surface area contributed by atoms with Crippen molar-refractivity contribution in [2.24, 2.45) is 0 Å². The van der Waals surface area contributed by atoms with Crippen LogP contribution in [0.2, 0.25) is 0 Å². The van der Waals surface area contributed by atoms with Gasteiger partial charge in [0.05, 0.1) is 20.0 Å². The quantitative estimate of drug-likeness (QED) is 0.589. The van der Waals surface area contributed by atoms with Crippen molar-refractivity contribution in [3.8, 4) is 0 Å². The smallest absolute Gasteiger partial charge is 0.306 e. The second-order valence-corrected chi connectivity index (χ2v) is 5.65. The van der Waals surface area contributed by atoms with E-state index in [0.717, 1.165) is 5.56 Å². The summed E-state index contributed by atoms with van der Waals surface area (Å²) in [5, 5.41) is 5.49. The molecule has 0 saturated heterocycles. The normalized spacial score (nSPS) is 9.79. The summed E-state index contributed by atoms with van der Waals surface area (Å²) in [4.78, 5) is 35.7. The highest BCUT2D eigenvalue weighted by Gasteiger charge is 2.09. The van der Waals surface area contributed by atoms with Crippen LogP contribution in [-0.4, -0.2) is 49.0 Å². The number of thiocarbonyl (C=S) groups is 1. The number of methoxy groups -OCH3 is 1. The van der Waals surface area contributed by atoms with Crippen LogP contribution in [-0.2, 0) is 25.5 Å². The minimum Gasteiger partial charge on any atom is -0.469 e. The van der Waals surface area contributed by atoms with Crippen LogP contribution in [0.5, 0.6) is 0 Å². The number of hydrogen-bond acceptors (Lipinski definition) is 5. The summed E-state index contributed by atoms with van der Waals surface area (Å²) in [5.74, 6) is -0.804. The van der Waals surface area contributed by atoms with Crippen LogP contribution in [0.4, 0.5) is 5.69 Å². The number of likely N-dealkylation sites (N-methyl/N-ethyl adjacent to an activating group) is 1. The lowest BCUT2D eigenvalue weighted by atomic mass is 10.1. The fraction of sp³-hybridized carbons (Fsp3) is 0.375. The van der Waals surface area contributed by atoms with E-state index in [1.54, 1.807) is 26.2 Å². The first-order valence-electron chi connectivity index (χ1n) is 7.28. The molecule has 0 aromatic heterocycles. The number of hydrogen-bond donors (Lipinski definition) is 2. The van der Waals surface area contributed by atoms with Gasteiger partial charge in [-0.05, 0) is 29.9 Å². The Hall–Kier alpha value is -2.48. The van der Waals surface area contributed by atoms with Gasteiger partial charge in [0.15, 0.2) is 5.11 Å². The molecule has 0 bridgehead atoms. The summed E-state index contributed by atoms with van der Waals surface area (Å²) < 4.78 is 4.46. The molecule has 130 valence electrons. The minimum atomic E-state index is -0.452. The average Bonchev–Trinajstić information content (AvgIpc) is 2.54. The number of anilines is 1. The molecule has 2 N–H and O–H groups in total. The Bertz CT molecular complexity index is 614. The molecule has 0 atom stereocenters. The van der Waals surface area contributed by atoms with E-state index in [2.05, 4.69) is 15.4 Å². The van der Waals surface area contributed by atoms with Gasteiger partial charge in [0.1, 0.15) is 0 Å². The second kappa shape index (κ2) is 9.61. The monoisotopic (exact) mass is 351 g/mol. The fourth-order valence-corrected chi connectivity index (χ4v) is 1.94. The van der Waals surface area contributed by atoms with Crippen molar-refractivity contribution >= 4 is 40.8 Å². The van der Waals surface area contributed by atoms with E-state index in [0.29, 0.717) is 12.1 Å². The number of carbonyl (C=O) groups is 3. The Morgan fingerprint density at radius 3 is 2.29 bits per heavy atom. The number of nitrogens with one attached hydrogen (secondary N) is 2. The molecule has 0 unspecified atom stereocenters. The molecule has 24 heavy (non-hydrogen) atoms. The molecular weight excluding hydrogens is 330 g/mol. The zero-order chi connectivity index (χ0) is 18.1. The first-order chi connectivity index (χ1) is 11.3. The van der Waals surface area contributed by atoms with Crippen molar-refractivity contribution in [2.75, 3.05) is 26.5 Å². The lowest BCUT2D eigenvalue weighted by molar-refractivity contribution is -0.142. The zero-order valence-corrected chi connectivity index (χ0v) is 14.7. The Morgan fingerprint density at radius 1 is 1.12 bits per heavy atom. The van der Waals surface area contributed by atoms with Crippen LogP contribution in [0.15, 0.2) is 24.3 Å². The first-order valence-corrected chi connectivity index (χ1v) is 7.69. The SMILES string of the molecule is COC(=O)CCC(=O)NC(=S)Nc1ccc(CC(=O)N(C)C)cc1. The molecule has 0 aliphatic rings. The molecule has 0 heterocycles. The minimum absolute atomic E-state index is 0.0000776. The van der Waals surface area contributed by atoms with E-state index >= 15 is 0 Å². The summed E-state index contributed by atoms with van der Waals surface area (Å²) in [5.41, 5.74) is 1.57. The van der Waals surface area contributed by atoms with Gasteiger partial charge >= 0.3 is 5.97 Å². The third-order valence-electron chi connectivity index (χ3n) is 3.10. The summed E-state index contributed by atoms with van der Waals surface area (Å²) >= 11 is 5.04. The fourth-order valence-electron chi connectivity index (χ4n) is 1.71. The van der Waals surface area contributed by atoms with Crippen LogP contribution in [0.1, 0.15) is 18.4 Å². The largest absolute Gasteiger partial charge is 0.469 e. The molecular formula is C16H21N3O4S. The lowest BCUT2D eigenvalue weighted by Gasteiger charge is -2.11. The third kappa shape index (κ3) is 7.19. The summed E-state index contributed by atoms with van der Waals surface area (Å²) in [6, 6.07) is 7.16. The number of esters is 1. The molecule has 0 radical (unpaired) electrons. The van der Waals surface area contributed by atoms with Gasteiger partial charge in [-0.3, -0.25) is 14.4 Å². The van der Waals surface area contributed by atoms with E-state index < -0.39 is 5.97 Å². The van der Waals surface area contributed by atoms with E-state index in [1.165, 1.54) is 12.0 Å². The van der Waals surface area contributed by atoms with E-state index in [4.69, 9.17) is 12.2 Å². The van der Waals surface area contributed by atoms with Gasteiger partial charge in [-0.1, -0.05) is 12.1 Å². The van der Waals surface area contributed by atoms with Crippen molar-refractivity contribution < 1.29 is 19.1 Å². The maximum Gasteiger partial charge on any atom is 0.306 e. The standard InChI is InChI=1S/C16H21N3O4S/c1-19(2)14(21)10-11-4-6-12(7-5-11)17-16(24)18-13(20)8-9-15(22)23-3/h4-7H,8-10H2,1-3H3,(H2,17,18,20,24). The summed E-state index contributed by atoms with van der Waals surface area (Å²) in [6.07, 6.45) is 0.321. The van der Waals surface area contributed by atoms with Crippen LogP contribution < -0.4 is 10.6 Å². The van der Waals surface area contributed by atoms with Gasteiger partial charge in [0, 0.05) is 26.2 Å². The van der Waals surface area contributed by atoms with Crippen molar-refractivity contribution in [1.29, 1.82) is 0 Å². The van der Waals surface area contributed by atoms with Crippen molar-refractivity contribution in [1.82, 2.24) is 10.2 Å². The number of nitrogens with zero attached hydrogens (tertiary/aromatic N) is 1. The Labute approximate surface area is 146 Å². The second-order valence-electron chi connectivity index (χ2n) is 5.24. The average molecular weight is 351 g/mol. The molecule has 2 amide bonds. The molecule has 0 saturated carbocycles. The molecule has 0 fully saturated rings. The third-order valence-corrected chi connectivity index (χ3v) is 3.31.